The van der Waals surface area contributed by atoms with Gasteiger partial charge in [0.05, 0.1) is 23.4 Å². The second-order valence-electron chi connectivity index (χ2n) is 9.84. The standard InChI is InChI=1S/C29H26F6N4O4/c1-4-43-27(42)22-17(3)36-24(18-8-6-5-7-9-18)37-23(22)26(41)38-10-11-39(16(2)15-38)25(40)19-12-20(28(30,31)32)14-21(13-19)29(33,34)35/h5-9,12-14,16H,4,10-11,15H2,1-3H3. The van der Waals surface area contributed by atoms with Crippen LogP contribution in [0.15, 0.2) is 48.5 Å². The van der Waals surface area contributed by atoms with E-state index in [-0.39, 0.29) is 55.1 Å². The highest BCUT2D eigenvalue weighted by Gasteiger charge is 2.39. The molecule has 1 unspecified atom stereocenters. The monoisotopic (exact) mass is 608 g/mol. The van der Waals surface area contributed by atoms with E-state index in [1.807, 2.05) is 0 Å². The van der Waals surface area contributed by atoms with Gasteiger partial charge in [-0.05, 0) is 39.0 Å². The topological polar surface area (TPSA) is 92.7 Å². The Labute approximate surface area is 242 Å². The minimum atomic E-state index is -5.11. The zero-order valence-corrected chi connectivity index (χ0v) is 23.2. The van der Waals surface area contributed by atoms with E-state index in [4.69, 9.17) is 4.74 Å². The first kappa shape index (κ1) is 31.4. The van der Waals surface area contributed by atoms with E-state index in [1.165, 1.54) is 18.7 Å². The summed E-state index contributed by atoms with van der Waals surface area (Å²) in [5.41, 5.74) is -3.58. The highest BCUT2D eigenvalue weighted by atomic mass is 19.4. The summed E-state index contributed by atoms with van der Waals surface area (Å²) in [5, 5.41) is 0. The van der Waals surface area contributed by atoms with Crippen LogP contribution in [0.5, 0.6) is 0 Å². The maximum Gasteiger partial charge on any atom is 0.416 e. The Kier molecular flexibility index (Phi) is 8.79. The largest absolute Gasteiger partial charge is 0.462 e. The summed E-state index contributed by atoms with van der Waals surface area (Å²) in [5.74, 6) is -2.35. The van der Waals surface area contributed by atoms with Crippen LogP contribution in [-0.2, 0) is 17.1 Å². The van der Waals surface area contributed by atoms with Crippen LogP contribution in [0.1, 0.15) is 61.9 Å². The molecule has 1 aliphatic rings. The average molecular weight is 609 g/mol. The maximum absolute atomic E-state index is 13.7. The van der Waals surface area contributed by atoms with Gasteiger partial charge in [-0.15, -0.1) is 0 Å². The Morgan fingerprint density at radius 2 is 1.51 bits per heavy atom. The molecule has 228 valence electrons. The minimum absolute atomic E-state index is 0.0236. The van der Waals surface area contributed by atoms with Crippen molar-refractivity contribution >= 4 is 17.8 Å². The van der Waals surface area contributed by atoms with Crippen LogP contribution >= 0.6 is 0 Å². The predicted molar refractivity (Wildman–Crippen MR) is 141 cm³/mol. The summed E-state index contributed by atoms with van der Waals surface area (Å²) in [6.07, 6.45) is -10.2. The third-order valence-corrected chi connectivity index (χ3v) is 6.81. The number of halogens is 6. The first-order valence-electron chi connectivity index (χ1n) is 13.1. The summed E-state index contributed by atoms with van der Waals surface area (Å²) in [7, 11) is 0. The van der Waals surface area contributed by atoms with Crippen LogP contribution in [0.2, 0.25) is 0 Å². The lowest BCUT2D eigenvalue weighted by molar-refractivity contribution is -0.143. The Bertz CT molecular complexity index is 1510. The molecule has 1 atom stereocenters. The lowest BCUT2D eigenvalue weighted by Gasteiger charge is -2.40. The average Bonchev–Trinajstić information content (AvgIpc) is 2.95. The van der Waals surface area contributed by atoms with Gasteiger partial charge < -0.3 is 14.5 Å². The zero-order chi connectivity index (χ0) is 31.7. The number of hydrogen-bond donors (Lipinski definition) is 0. The molecule has 2 aromatic carbocycles. The first-order valence-corrected chi connectivity index (χ1v) is 13.1. The zero-order valence-electron chi connectivity index (χ0n) is 23.2. The smallest absolute Gasteiger partial charge is 0.416 e. The predicted octanol–water partition coefficient (Wildman–Crippen LogP) is 5.65. The number of nitrogens with zero attached hydrogens (tertiary/aromatic N) is 4. The number of alkyl halides is 6. The fourth-order valence-electron chi connectivity index (χ4n) is 4.73. The quantitative estimate of drug-likeness (QED) is 0.275. The van der Waals surface area contributed by atoms with Crippen LogP contribution in [0.25, 0.3) is 11.4 Å². The molecule has 0 radical (unpaired) electrons. The van der Waals surface area contributed by atoms with Crippen LogP contribution in [0.4, 0.5) is 26.3 Å². The molecule has 8 nitrogen and oxygen atoms in total. The van der Waals surface area contributed by atoms with Crippen molar-refractivity contribution in [2.24, 2.45) is 0 Å². The molecule has 0 spiro atoms. The molecular weight excluding hydrogens is 582 g/mol. The summed E-state index contributed by atoms with van der Waals surface area (Å²) in [6.45, 7) is 4.17. The third kappa shape index (κ3) is 6.78. The lowest BCUT2D eigenvalue weighted by Crippen LogP contribution is -2.55. The van der Waals surface area contributed by atoms with Gasteiger partial charge in [0.15, 0.2) is 5.82 Å². The van der Waals surface area contributed by atoms with Gasteiger partial charge in [-0.3, -0.25) is 9.59 Å². The van der Waals surface area contributed by atoms with Crippen molar-refractivity contribution in [3.8, 4) is 11.4 Å². The summed E-state index contributed by atoms with van der Waals surface area (Å²) >= 11 is 0. The third-order valence-electron chi connectivity index (χ3n) is 6.81. The van der Waals surface area contributed by atoms with Gasteiger partial charge >= 0.3 is 18.3 Å². The van der Waals surface area contributed by atoms with E-state index in [0.717, 1.165) is 4.90 Å². The van der Waals surface area contributed by atoms with Gasteiger partial charge in [0, 0.05) is 36.8 Å². The molecule has 1 fully saturated rings. The lowest BCUT2D eigenvalue weighted by atomic mass is 10.0. The van der Waals surface area contributed by atoms with Crippen molar-refractivity contribution in [2.75, 3.05) is 26.2 Å². The molecule has 0 saturated carbocycles. The van der Waals surface area contributed by atoms with Gasteiger partial charge in [-0.25, -0.2) is 14.8 Å². The molecule has 2 heterocycles. The van der Waals surface area contributed by atoms with E-state index in [2.05, 4.69) is 9.97 Å². The molecule has 0 aliphatic carbocycles. The number of amides is 2. The Hall–Kier alpha value is -4.49. The fourth-order valence-corrected chi connectivity index (χ4v) is 4.73. The van der Waals surface area contributed by atoms with Gasteiger partial charge in [0.25, 0.3) is 11.8 Å². The fraction of sp³-hybridized carbons (Fsp3) is 0.345. The van der Waals surface area contributed by atoms with Crippen molar-refractivity contribution in [3.05, 3.63) is 82.2 Å². The van der Waals surface area contributed by atoms with E-state index in [0.29, 0.717) is 17.7 Å². The molecule has 2 amide bonds. The molecule has 0 bridgehead atoms. The van der Waals surface area contributed by atoms with E-state index in [9.17, 15) is 40.7 Å². The number of aromatic nitrogens is 2. The van der Waals surface area contributed by atoms with Gasteiger partial charge in [0.1, 0.15) is 11.3 Å². The SMILES string of the molecule is CCOC(=O)c1c(C)nc(-c2ccccc2)nc1C(=O)N1CCN(C(=O)c2cc(C(F)(F)F)cc(C(F)(F)F)c2)C(C)C1. The highest BCUT2D eigenvalue weighted by Crippen LogP contribution is 2.37. The van der Waals surface area contributed by atoms with E-state index in [1.54, 1.807) is 37.3 Å². The normalized spacial score (nSPS) is 15.8. The number of benzene rings is 2. The number of carbonyl (C=O) groups excluding carboxylic acids is 3. The van der Waals surface area contributed by atoms with Crippen LogP contribution in [-0.4, -0.2) is 69.8 Å². The highest BCUT2D eigenvalue weighted by molar-refractivity contribution is 6.05. The Morgan fingerprint density at radius 3 is 2.05 bits per heavy atom. The number of piperazine rings is 1. The summed E-state index contributed by atoms with van der Waals surface area (Å²) in [4.78, 5) is 50.9. The van der Waals surface area contributed by atoms with Crippen molar-refractivity contribution in [1.29, 1.82) is 0 Å². The summed E-state index contributed by atoms with van der Waals surface area (Å²) < 4.78 is 85.2. The van der Waals surface area contributed by atoms with Crippen molar-refractivity contribution in [1.82, 2.24) is 19.8 Å². The number of aryl methyl sites for hydroxylation is 1. The molecule has 3 aromatic rings. The van der Waals surface area contributed by atoms with Crippen molar-refractivity contribution < 1.29 is 45.5 Å². The van der Waals surface area contributed by atoms with Gasteiger partial charge in [-0.2, -0.15) is 26.3 Å². The van der Waals surface area contributed by atoms with E-state index < -0.39 is 52.9 Å². The molecule has 1 saturated heterocycles. The Balaban J connectivity index is 1.64. The number of ether oxygens (including phenoxy) is 1. The first-order chi connectivity index (χ1) is 20.1. The van der Waals surface area contributed by atoms with Crippen molar-refractivity contribution in [3.63, 3.8) is 0 Å². The van der Waals surface area contributed by atoms with Crippen LogP contribution < -0.4 is 0 Å². The second-order valence-corrected chi connectivity index (χ2v) is 9.84. The maximum atomic E-state index is 13.7. The number of carbonyl (C=O) groups is 3. The van der Waals surface area contributed by atoms with Crippen LogP contribution in [0.3, 0.4) is 0 Å². The molecule has 43 heavy (non-hydrogen) atoms. The second kappa shape index (κ2) is 12.0. The number of rotatable bonds is 5. The number of esters is 1. The molecule has 0 N–H and O–H groups in total. The van der Waals surface area contributed by atoms with Gasteiger partial charge in [-0.1, -0.05) is 30.3 Å². The van der Waals surface area contributed by atoms with Crippen molar-refractivity contribution in [2.45, 2.75) is 39.2 Å². The van der Waals surface area contributed by atoms with Crippen LogP contribution in [0, 0.1) is 6.92 Å². The molecular formula is C29H26F6N4O4. The molecule has 14 heteroatoms. The summed E-state index contributed by atoms with van der Waals surface area (Å²) in [6, 6.07) is 8.60. The Morgan fingerprint density at radius 1 is 0.907 bits per heavy atom. The van der Waals surface area contributed by atoms with E-state index >= 15 is 0 Å². The molecule has 1 aromatic heterocycles. The van der Waals surface area contributed by atoms with Gasteiger partial charge in [0.2, 0.25) is 0 Å². The minimum Gasteiger partial charge on any atom is -0.462 e. The molecule has 1 aliphatic heterocycles. The molecule has 4 rings (SSSR count). The number of hydrogen-bond acceptors (Lipinski definition) is 6.